The number of pyridine rings is 1. The molecule has 0 spiro atoms. The van der Waals surface area contributed by atoms with E-state index in [4.69, 9.17) is 4.74 Å². The standard InChI is InChI=1S/C21H25N3O6/c1-29-19(26)8-9-24(13-14-5-4-10-30-14)18(25)12-23-21(28)16-11-22-17-7-3-2-6-15(17)20(16)27/h2-3,6-7,11,14H,4-5,8-10,12-13H2,1H3,(H,22,27)(H,23,28)/t14-/m0/s1. The lowest BCUT2D eigenvalue weighted by Gasteiger charge is -2.25. The Balaban J connectivity index is 1.64. The Kier molecular flexibility index (Phi) is 7.18. The average molecular weight is 415 g/mol. The zero-order valence-corrected chi connectivity index (χ0v) is 16.8. The molecule has 2 heterocycles. The fourth-order valence-corrected chi connectivity index (χ4v) is 3.38. The van der Waals surface area contributed by atoms with Gasteiger partial charge in [0.05, 0.1) is 26.2 Å². The highest BCUT2D eigenvalue weighted by molar-refractivity contribution is 5.98. The van der Waals surface area contributed by atoms with Crippen LogP contribution in [-0.4, -0.2) is 67.1 Å². The summed E-state index contributed by atoms with van der Waals surface area (Å²) in [4.78, 5) is 53.6. The third-order valence-corrected chi connectivity index (χ3v) is 5.05. The van der Waals surface area contributed by atoms with Gasteiger partial charge in [-0.15, -0.1) is 0 Å². The van der Waals surface area contributed by atoms with E-state index in [1.54, 1.807) is 24.3 Å². The van der Waals surface area contributed by atoms with Gasteiger partial charge >= 0.3 is 5.97 Å². The van der Waals surface area contributed by atoms with Crippen molar-refractivity contribution in [2.45, 2.75) is 25.4 Å². The Morgan fingerprint density at radius 2 is 2.10 bits per heavy atom. The summed E-state index contributed by atoms with van der Waals surface area (Å²) in [6.07, 6.45) is 3.05. The van der Waals surface area contributed by atoms with E-state index in [1.807, 2.05) is 0 Å². The molecule has 9 nitrogen and oxygen atoms in total. The van der Waals surface area contributed by atoms with Gasteiger partial charge in [0.1, 0.15) is 5.56 Å². The third-order valence-electron chi connectivity index (χ3n) is 5.05. The van der Waals surface area contributed by atoms with Gasteiger partial charge in [0.2, 0.25) is 11.3 Å². The first kappa shape index (κ1) is 21.5. The van der Waals surface area contributed by atoms with Crippen molar-refractivity contribution in [3.63, 3.8) is 0 Å². The summed E-state index contributed by atoms with van der Waals surface area (Å²) in [5.41, 5.74) is 0.151. The molecule has 0 unspecified atom stereocenters. The molecule has 3 rings (SSSR count). The number of para-hydroxylation sites is 1. The number of nitrogens with one attached hydrogen (secondary N) is 2. The summed E-state index contributed by atoms with van der Waals surface area (Å²) in [5, 5.41) is 2.90. The van der Waals surface area contributed by atoms with Crippen LogP contribution in [0.2, 0.25) is 0 Å². The van der Waals surface area contributed by atoms with Gasteiger partial charge < -0.3 is 24.7 Å². The number of aromatic amines is 1. The van der Waals surface area contributed by atoms with Crippen LogP contribution >= 0.6 is 0 Å². The lowest BCUT2D eigenvalue weighted by Crippen LogP contribution is -2.44. The molecule has 2 aromatic rings. The normalized spacial score (nSPS) is 15.7. The maximum atomic E-state index is 12.7. The number of hydrogen-bond acceptors (Lipinski definition) is 6. The zero-order chi connectivity index (χ0) is 21.5. The first-order valence-corrected chi connectivity index (χ1v) is 9.84. The number of benzene rings is 1. The van der Waals surface area contributed by atoms with Crippen molar-refractivity contribution in [2.24, 2.45) is 0 Å². The Bertz CT molecular complexity index is 980. The van der Waals surface area contributed by atoms with Crippen molar-refractivity contribution in [2.75, 3.05) is 33.4 Å². The highest BCUT2D eigenvalue weighted by atomic mass is 16.5. The van der Waals surface area contributed by atoms with E-state index in [9.17, 15) is 19.2 Å². The molecule has 1 aliphatic rings. The molecular weight excluding hydrogens is 390 g/mol. The van der Waals surface area contributed by atoms with Gasteiger partial charge in [0.15, 0.2) is 0 Å². The molecule has 30 heavy (non-hydrogen) atoms. The van der Waals surface area contributed by atoms with E-state index in [0.29, 0.717) is 24.1 Å². The van der Waals surface area contributed by atoms with Gasteiger partial charge in [-0.25, -0.2) is 0 Å². The number of ether oxygens (including phenoxy) is 2. The number of aromatic nitrogens is 1. The zero-order valence-electron chi connectivity index (χ0n) is 16.8. The molecule has 0 bridgehead atoms. The van der Waals surface area contributed by atoms with Crippen LogP contribution < -0.4 is 10.7 Å². The summed E-state index contributed by atoms with van der Waals surface area (Å²) in [6.45, 7) is 0.851. The fraction of sp³-hybridized carbons (Fsp3) is 0.429. The number of methoxy groups -OCH3 is 1. The second-order valence-corrected chi connectivity index (χ2v) is 7.06. The number of fused-ring (bicyclic) bond motifs is 1. The summed E-state index contributed by atoms with van der Waals surface area (Å²) < 4.78 is 10.2. The molecule has 2 N–H and O–H groups in total. The first-order chi connectivity index (χ1) is 14.5. The van der Waals surface area contributed by atoms with Gasteiger partial charge in [0.25, 0.3) is 5.91 Å². The molecule has 0 aliphatic carbocycles. The van der Waals surface area contributed by atoms with E-state index in [1.165, 1.54) is 18.2 Å². The molecule has 0 radical (unpaired) electrons. The number of nitrogens with zero attached hydrogens (tertiary/aromatic N) is 1. The number of rotatable bonds is 8. The van der Waals surface area contributed by atoms with Gasteiger partial charge in [-0.1, -0.05) is 12.1 Å². The Labute approximate surface area is 173 Å². The topological polar surface area (TPSA) is 118 Å². The smallest absolute Gasteiger partial charge is 0.307 e. The van der Waals surface area contributed by atoms with Gasteiger partial charge in [-0.3, -0.25) is 19.2 Å². The lowest BCUT2D eigenvalue weighted by molar-refractivity contribution is -0.142. The molecule has 1 fully saturated rings. The number of amides is 2. The largest absolute Gasteiger partial charge is 0.469 e. The Morgan fingerprint density at radius 1 is 1.30 bits per heavy atom. The minimum absolute atomic E-state index is 0.0489. The Morgan fingerprint density at radius 3 is 2.83 bits per heavy atom. The van der Waals surface area contributed by atoms with Crippen LogP contribution in [0.25, 0.3) is 10.9 Å². The lowest BCUT2D eigenvalue weighted by atomic mass is 10.1. The molecule has 2 amide bonds. The average Bonchev–Trinajstić information content (AvgIpc) is 3.28. The maximum Gasteiger partial charge on any atom is 0.307 e. The van der Waals surface area contributed by atoms with Crippen molar-refractivity contribution in [3.05, 3.63) is 46.2 Å². The van der Waals surface area contributed by atoms with Crippen LogP contribution in [0.15, 0.2) is 35.3 Å². The van der Waals surface area contributed by atoms with Crippen LogP contribution in [-0.2, 0) is 19.1 Å². The maximum absolute atomic E-state index is 12.7. The SMILES string of the molecule is COC(=O)CCN(C[C@@H]1CCCO1)C(=O)CNC(=O)c1c[nH]c2ccccc2c1=O. The predicted molar refractivity (Wildman–Crippen MR) is 109 cm³/mol. The van der Waals surface area contributed by atoms with Crippen molar-refractivity contribution >= 4 is 28.7 Å². The molecule has 160 valence electrons. The summed E-state index contributed by atoms with van der Waals surface area (Å²) in [5.74, 6) is -1.42. The van der Waals surface area contributed by atoms with Crippen LogP contribution in [0.4, 0.5) is 0 Å². The quantitative estimate of drug-likeness (QED) is 0.617. The van der Waals surface area contributed by atoms with E-state index in [2.05, 4.69) is 15.0 Å². The van der Waals surface area contributed by atoms with Crippen molar-refractivity contribution in [1.82, 2.24) is 15.2 Å². The van der Waals surface area contributed by atoms with E-state index < -0.39 is 17.3 Å². The highest BCUT2D eigenvalue weighted by Crippen LogP contribution is 2.14. The summed E-state index contributed by atoms with van der Waals surface area (Å²) in [6, 6.07) is 6.87. The third kappa shape index (κ3) is 5.24. The molecule has 0 saturated carbocycles. The van der Waals surface area contributed by atoms with Crippen LogP contribution in [0.1, 0.15) is 29.6 Å². The number of esters is 1. The molecule has 1 aromatic carbocycles. The van der Waals surface area contributed by atoms with Crippen molar-refractivity contribution < 1.29 is 23.9 Å². The van der Waals surface area contributed by atoms with E-state index >= 15 is 0 Å². The second-order valence-electron chi connectivity index (χ2n) is 7.06. The van der Waals surface area contributed by atoms with Gasteiger partial charge in [-0.05, 0) is 25.0 Å². The molecule has 9 heteroatoms. The predicted octanol–water partition coefficient (Wildman–Crippen LogP) is 0.829. The molecule has 1 saturated heterocycles. The highest BCUT2D eigenvalue weighted by Gasteiger charge is 2.24. The van der Waals surface area contributed by atoms with Crippen LogP contribution in [0, 0.1) is 0 Å². The summed E-state index contributed by atoms with van der Waals surface area (Å²) in [7, 11) is 1.29. The number of H-pyrrole nitrogens is 1. The molecule has 1 aromatic heterocycles. The molecular formula is C21H25N3O6. The monoisotopic (exact) mass is 415 g/mol. The summed E-state index contributed by atoms with van der Waals surface area (Å²) >= 11 is 0. The fourth-order valence-electron chi connectivity index (χ4n) is 3.38. The van der Waals surface area contributed by atoms with Gasteiger partial charge in [-0.2, -0.15) is 0 Å². The Hall–Kier alpha value is -3.20. The van der Waals surface area contributed by atoms with Crippen molar-refractivity contribution in [1.29, 1.82) is 0 Å². The number of carbonyl (C=O) groups is 3. The minimum Gasteiger partial charge on any atom is -0.469 e. The van der Waals surface area contributed by atoms with Crippen molar-refractivity contribution in [3.8, 4) is 0 Å². The van der Waals surface area contributed by atoms with Crippen LogP contribution in [0.3, 0.4) is 0 Å². The minimum atomic E-state index is -0.639. The van der Waals surface area contributed by atoms with E-state index in [0.717, 1.165) is 12.8 Å². The number of carbonyl (C=O) groups excluding carboxylic acids is 3. The molecule has 1 atom stereocenters. The number of hydrogen-bond donors (Lipinski definition) is 2. The second kappa shape index (κ2) is 10.0. The molecule has 1 aliphatic heterocycles. The van der Waals surface area contributed by atoms with Crippen LogP contribution in [0.5, 0.6) is 0 Å². The van der Waals surface area contributed by atoms with Gasteiger partial charge in [0, 0.05) is 36.8 Å². The first-order valence-electron chi connectivity index (χ1n) is 9.84. The van der Waals surface area contributed by atoms with E-state index in [-0.39, 0.29) is 37.1 Å².